The van der Waals surface area contributed by atoms with Gasteiger partial charge >= 0.3 is 5.97 Å². The molecule has 2 bridgehead atoms. The number of carboxylic acid groups (broad SMARTS) is 1. The molecule has 0 aliphatic heterocycles. The van der Waals surface area contributed by atoms with Crippen LogP contribution in [-0.4, -0.2) is 29.1 Å². The van der Waals surface area contributed by atoms with Gasteiger partial charge in [0.05, 0.1) is 16.0 Å². The van der Waals surface area contributed by atoms with Crippen molar-refractivity contribution < 1.29 is 19.4 Å². The maximum atomic E-state index is 13.4. The van der Waals surface area contributed by atoms with E-state index < -0.39 is 11.4 Å². The minimum absolute atomic E-state index is 0.0481. The molecule has 0 heterocycles. The van der Waals surface area contributed by atoms with Gasteiger partial charge in [-0.1, -0.05) is 45.7 Å². The zero-order valence-corrected chi connectivity index (χ0v) is 20.5. The van der Waals surface area contributed by atoms with E-state index >= 15 is 0 Å². The van der Waals surface area contributed by atoms with E-state index in [1.165, 1.54) is 0 Å². The Morgan fingerprint density at radius 1 is 1.18 bits per heavy atom. The summed E-state index contributed by atoms with van der Waals surface area (Å²) in [5, 5.41) is 22.5. The predicted molar refractivity (Wildman–Crippen MR) is 125 cm³/mol. The van der Waals surface area contributed by atoms with Crippen molar-refractivity contribution in [3.63, 3.8) is 0 Å². The maximum absolute atomic E-state index is 13.4. The Labute approximate surface area is 200 Å². The summed E-state index contributed by atoms with van der Waals surface area (Å²) >= 11 is 6.18. The number of carbonyl (C=O) groups is 2. The molecule has 1 aromatic rings. The van der Waals surface area contributed by atoms with E-state index in [1.807, 2.05) is 0 Å². The molecule has 0 saturated heterocycles. The summed E-state index contributed by atoms with van der Waals surface area (Å²) in [6.45, 7) is 8.37. The third-order valence-electron chi connectivity index (χ3n) is 8.62. The fourth-order valence-corrected chi connectivity index (χ4v) is 7.35. The number of rotatable bonds is 5. The van der Waals surface area contributed by atoms with E-state index in [9.17, 15) is 14.7 Å². The smallest absolute Gasteiger partial charge is 0.309 e. The normalized spacial score (nSPS) is 33.8. The summed E-state index contributed by atoms with van der Waals surface area (Å²) in [5.41, 5.74) is -0.851. The van der Waals surface area contributed by atoms with E-state index in [0.29, 0.717) is 35.6 Å². The Balaban J connectivity index is 1.45. The van der Waals surface area contributed by atoms with Gasteiger partial charge in [0.1, 0.15) is 17.9 Å². The summed E-state index contributed by atoms with van der Waals surface area (Å²) in [4.78, 5) is 25.3. The van der Waals surface area contributed by atoms with Crippen LogP contribution in [0.5, 0.6) is 5.75 Å². The van der Waals surface area contributed by atoms with Crippen LogP contribution < -0.4 is 10.1 Å². The molecule has 6 nitrogen and oxygen atoms in total. The zero-order valence-electron chi connectivity index (χ0n) is 19.8. The van der Waals surface area contributed by atoms with Crippen LogP contribution in [0.15, 0.2) is 18.2 Å². The lowest BCUT2D eigenvalue weighted by molar-refractivity contribution is -0.177. The zero-order chi connectivity index (χ0) is 24.2. The fourth-order valence-electron chi connectivity index (χ4n) is 7.14. The quantitative estimate of drug-likeness (QED) is 0.614. The van der Waals surface area contributed by atoms with Gasteiger partial charge in [0.25, 0.3) is 0 Å². The van der Waals surface area contributed by atoms with Crippen molar-refractivity contribution in [2.45, 2.75) is 78.4 Å². The number of benzene rings is 1. The lowest BCUT2D eigenvalue weighted by Crippen LogP contribution is -2.75. The minimum Gasteiger partial charge on any atom is -0.489 e. The van der Waals surface area contributed by atoms with Gasteiger partial charge in [0.15, 0.2) is 0 Å². The Bertz CT molecular complexity index is 998. The number of nitrogens with zero attached hydrogens (tertiary/aromatic N) is 1. The monoisotopic (exact) mass is 472 g/mol. The molecule has 7 heteroatoms. The second kappa shape index (κ2) is 8.20. The van der Waals surface area contributed by atoms with Crippen LogP contribution in [0, 0.1) is 39.4 Å². The molecule has 3 aliphatic carbocycles. The molecule has 3 unspecified atom stereocenters. The molecular formula is C26H33ClN2O4. The highest BCUT2D eigenvalue weighted by atomic mass is 35.5. The van der Waals surface area contributed by atoms with Crippen LogP contribution in [0.4, 0.5) is 0 Å². The number of nitriles is 1. The predicted octanol–water partition coefficient (Wildman–Crippen LogP) is 5.18. The largest absolute Gasteiger partial charge is 0.489 e. The molecule has 2 N–H and O–H groups in total. The molecular weight excluding hydrogens is 440 g/mol. The Hall–Kier alpha value is -2.26. The number of hydrogen-bond acceptors (Lipinski definition) is 4. The first-order valence-corrected chi connectivity index (χ1v) is 12.2. The van der Waals surface area contributed by atoms with Crippen LogP contribution in [-0.2, 0) is 9.59 Å². The van der Waals surface area contributed by atoms with Crippen molar-refractivity contribution >= 4 is 23.5 Å². The van der Waals surface area contributed by atoms with Gasteiger partial charge in [-0.15, -0.1) is 0 Å². The first-order valence-electron chi connectivity index (χ1n) is 11.8. The number of halogens is 1. The Morgan fingerprint density at radius 3 is 2.48 bits per heavy atom. The number of aliphatic carboxylic acids is 1. The van der Waals surface area contributed by atoms with E-state index in [0.717, 1.165) is 19.3 Å². The highest BCUT2D eigenvalue weighted by molar-refractivity contribution is 6.31. The molecule has 3 saturated carbocycles. The van der Waals surface area contributed by atoms with Crippen molar-refractivity contribution in [2.24, 2.45) is 28.1 Å². The van der Waals surface area contributed by atoms with E-state index in [-0.39, 0.29) is 40.7 Å². The number of ether oxygens (including phenoxy) is 1. The van der Waals surface area contributed by atoms with Gasteiger partial charge in [0.2, 0.25) is 5.91 Å². The molecule has 4 rings (SSSR count). The van der Waals surface area contributed by atoms with Crippen molar-refractivity contribution in [1.82, 2.24) is 5.32 Å². The van der Waals surface area contributed by atoms with Gasteiger partial charge in [0, 0.05) is 28.9 Å². The van der Waals surface area contributed by atoms with E-state index in [2.05, 4.69) is 39.1 Å². The number of nitrogens with one attached hydrogen (secondary N) is 1. The number of amides is 1. The van der Waals surface area contributed by atoms with E-state index in [4.69, 9.17) is 21.6 Å². The maximum Gasteiger partial charge on any atom is 0.309 e. The van der Waals surface area contributed by atoms with Gasteiger partial charge in [-0.2, -0.15) is 5.26 Å². The summed E-state index contributed by atoms with van der Waals surface area (Å²) < 4.78 is 6.31. The highest BCUT2D eigenvalue weighted by Crippen LogP contribution is 2.56. The van der Waals surface area contributed by atoms with Gasteiger partial charge < -0.3 is 15.2 Å². The number of fused-ring (bicyclic) bond motifs is 2. The van der Waals surface area contributed by atoms with E-state index in [1.54, 1.807) is 18.2 Å². The summed E-state index contributed by atoms with van der Waals surface area (Å²) in [7, 11) is 0. The third-order valence-corrected chi connectivity index (χ3v) is 8.93. The second-order valence-electron chi connectivity index (χ2n) is 11.4. The van der Waals surface area contributed by atoms with Crippen LogP contribution in [0.25, 0.3) is 0 Å². The molecule has 33 heavy (non-hydrogen) atoms. The van der Waals surface area contributed by atoms with Gasteiger partial charge in [-0.05, 0) is 50.2 Å². The first-order chi connectivity index (χ1) is 15.4. The number of hydrogen-bond donors (Lipinski definition) is 2. The molecule has 1 amide bonds. The number of carbonyl (C=O) groups excluding carboxylic acids is 1. The van der Waals surface area contributed by atoms with Gasteiger partial charge in [-0.3, -0.25) is 9.59 Å². The van der Waals surface area contributed by atoms with Crippen molar-refractivity contribution in [2.75, 3.05) is 0 Å². The molecule has 3 fully saturated rings. The third kappa shape index (κ3) is 3.89. The van der Waals surface area contributed by atoms with Crippen molar-refractivity contribution in [3.8, 4) is 11.8 Å². The molecule has 0 aromatic heterocycles. The molecule has 0 spiro atoms. The van der Waals surface area contributed by atoms with Crippen LogP contribution in [0.1, 0.15) is 71.8 Å². The van der Waals surface area contributed by atoms with Gasteiger partial charge in [-0.25, -0.2) is 0 Å². The summed E-state index contributed by atoms with van der Waals surface area (Å²) in [6.07, 6.45) is 4.22. The average molecular weight is 473 g/mol. The molecule has 3 aliphatic rings. The standard InChI is InChI=1S/C26H33ClN2O4/c1-24(2)21(25(3,4)22(24)33-17-8-7-16(14-28)19(27)12-17)29-20(30)18-9-11-26(23(31)32)10-5-6-15(18)13-26/h7-8,12,15,18,21-22H,5-6,9-11,13H2,1-4H3,(H,29,30)(H,31,32)/t15?,18?,21-,22-,26?. The topological polar surface area (TPSA) is 99.4 Å². The van der Waals surface area contributed by atoms with Crippen molar-refractivity contribution in [3.05, 3.63) is 28.8 Å². The Morgan fingerprint density at radius 2 is 1.88 bits per heavy atom. The SMILES string of the molecule is CC1(C)[C@H](NC(=O)C2CCC3(C(=O)O)CCCC2C3)C(C)(C)[C@H]1Oc1ccc(C#N)c(Cl)c1. The molecule has 178 valence electrons. The van der Waals surface area contributed by atoms with Crippen LogP contribution in [0.3, 0.4) is 0 Å². The molecule has 3 atom stereocenters. The summed E-state index contributed by atoms with van der Waals surface area (Å²) in [5.74, 6) is -0.0269. The van der Waals surface area contributed by atoms with Crippen LogP contribution >= 0.6 is 11.6 Å². The Kier molecular flexibility index (Phi) is 5.93. The minimum atomic E-state index is -0.699. The molecule has 0 radical (unpaired) electrons. The average Bonchev–Trinajstić information content (AvgIpc) is 2.75. The second-order valence-corrected chi connectivity index (χ2v) is 11.8. The van der Waals surface area contributed by atoms with Crippen molar-refractivity contribution in [1.29, 1.82) is 5.26 Å². The number of carboxylic acids is 1. The fraction of sp³-hybridized carbons (Fsp3) is 0.654. The summed E-state index contributed by atoms with van der Waals surface area (Å²) in [6, 6.07) is 7.04. The highest BCUT2D eigenvalue weighted by Gasteiger charge is 2.64. The lowest BCUT2D eigenvalue weighted by atomic mass is 9.49. The molecule has 1 aromatic carbocycles. The lowest BCUT2D eigenvalue weighted by Gasteiger charge is -2.63. The van der Waals surface area contributed by atoms with Crippen LogP contribution in [0.2, 0.25) is 5.02 Å². The first kappa shape index (κ1) is 23.9.